The van der Waals surface area contributed by atoms with Gasteiger partial charge in [-0.05, 0) is 36.4 Å². The summed E-state index contributed by atoms with van der Waals surface area (Å²) < 4.78 is 2.36. The van der Waals surface area contributed by atoms with Crippen molar-refractivity contribution in [1.82, 2.24) is 9.55 Å². The number of carbonyl (C=O) groups is 1. The van der Waals surface area contributed by atoms with E-state index in [-0.39, 0.29) is 11.5 Å². The van der Waals surface area contributed by atoms with Gasteiger partial charge >= 0.3 is 0 Å². The Morgan fingerprint density at radius 3 is 2.64 bits per heavy atom. The summed E-state index contributed by atoms with van der Waals surface area (Å²) in [6.07, 6.45) is 1.69. The molecular weight excluding hydrogens is 382 g/mol. The second kappa shape index (κ2) is 5.67. The maximum Gasteiger partial charge on any atom is 0.261 e. The lowest BCUT2D eigenvalue weighted by molar-refractivity contribution is -0.112. The first-order valence-corrected chi connectivity index (χ1v) is 8.52. The van der Waals surface area contributed by atoms with Crippen LogP contribution in [0.25, 0.3) is 22.6 Å². The minimum Gasteiger partial charge on any atom is -0.311 e. The van der Waals surface area contributed by atoms with Crippen molar-refractivity contribution >= 4 is 50.1 Å². The first-order chi connectivity index (χ1) is 12.0. The smallest absolute Gasteiger partial charge is 0.261 e. The molecule has 0 aliphatic carbocycles. The summed E-state index contributed by atoms with van der Waals surface area (Å²) >= 11 is 3.45. The first kappa shape index (κ1) is 15.8. The molecular formula is C19H14BrN3O2. The Bertz CT molecular complexity index is 1130. The molecule has 0 saturated carbocycles. The molecule has 2 heterocycles. The molecule has 0 spiro atoms. The van der Waals surface area contributed by atoms with Crippen LogP contribution in [0.15, 0.2) is 51.7 Å². The van der Waals surface area contributed by atoms with E-state index in [1.54, 1.807) is 37.2 Å². The zero-order valence-electron chi connectivity index (χ0n) is 13.7. The Morgan fingerprint density at radius 2 is 1.84 bits per heavy atom. The van der Waals surface area contributed by atoms with Crippen LogP contribution in [-0.2, 0) is 11.8 Å². The number of rotatable bonds is 1. The van der Waals surface area contributed by atoms with Gasteiger partial charge in [0.25, 0.3) is 11.5 Å². The first-order valence-electron chi connectivity index (χ1n) is 7.73. The predicted molar refractivity (Wildman–Crippen MR) is 102 cm³/mol. The molecule has 1 aliphatic heterocycles. The van der Waals surface area contributed by atoms with Crippen molar-refractivity contribution in [2.45, 2.75) is 0 Å². The zero-order chi connectivity index (χ0) is 17.7. The average molecular weight is 396 g/mol. The highest BCUT2D eigenvalue weighted by Crippen LogP contribution is 2.38. The molecule has 124 valence electrons. The molecule has 4 rings (SSSR count). The van der Waals surface area contributed by atoms with Crippen LogP contribution in [0.4, 0.5) is 5.69 Å². The average Bonchev–Trinajstić information content (AvgIpc) is 2.84. The lowest BCUT2D eigenvalue weighted by Crippen LogP contribution is -2.22. The Hall–Kier alpha value is -2.73. The van der Waals surface area contributed by atoms with E-state index in [0.717, 1.165) is 15.7 Å². The number of anilines is 1. The van der Waals surface area contributed by atoms with Crippen molar-refractivity contribution in [1.29, 1.82) is 0 Å². The lowest BCUT2D eigenvalue weighted by atomic mass is 10.1. The topological polar surface area (TPSA) is 55.2 Å². The van der Waals surface area contributed by atoms with E-state index in [0.29, 0.717) is 22.3 Å². The number of fused-ring (bicyclic) bond motifs is 2. The molecule has 6 heteroatoms. The molecule has 0 fully saturated rings. The third kappa shape index (κ3) is 2.41. The predicted octanol–water partition coefficient (Wildman–Crippen LogP) is 3.21. The highest BCUT2D eigenvalue weighted by molar-refractivity contribution is 9.10. The van der Waals surface area contributed by atoms with Gasteiger partial charge in [-0.25, -0.2) is 4.98 Å². The molecule has 5 nitrogen and oxygen atoms in total. The van der Waals surface area contributed by atoms with Crippen LogP contribution < -0.4 is 10.5 Å². The number of nitrogens with zero attached hydrogens (tertiary/aromatic N) is 3. The van der Waals surface area contributed by atoms with Crippen LogP contribution in [-0.4, -0.2) is 22.5 Å². The molecule has 0 atom stereocenters. The third-order valence-corrected chi connectivity index (χ3v) is 4.93. The zero-order valence-corrected chi connectivity index (χ0v) is 15.2. The number of hydrogen-bond donors (Lipinski definition) is 0. The number of aromatic nitrogens is 2. The second-order valence-electron chi connectivity index (χ2n) is 5.93. The SMILES string of the molecule is CN1C(=O)/C(=C\c2nc3ccccc3c(=O)n2C)c2cc(Br)ccc21. The van der Waals surface area contributed by atoms with E-state index in [2.05, 4.69) is 20.9 Å². The van der Waals surface area contributed by atoms with Crippen molar-refractivity contribution in [2.75, 3.05) is 11.9 Å². The maximum atomic E-state index is 12.7. The van der Waals surface area contributed by atoms with Gasteiger partial charge in [0.05, 0.1) is 22.2 Å². The molecule has 25 heavy (non-hydrogen) atoms. The fourth-order valence-corrected chi connectivity index (χ4v) is 3.42. The summed E-state index contributed by atoms with van der Waals surface area (Å²) in [6, 6.07) is 12.9. The van der Waals surface area contributed by atoms with Gasteiger partial charge in [0.15, 0.2) is 0 Å². The van der Waals surface area contributed by atoms with Crippen LogP contribution in [0, 0.1) is 0 Å². The fourth-order valence-electron chi connectivity index (χ4n) is 3.05. The number of amides is 1. The number of benzene rings is 2. The Morgan fingerprint density at radius 1 is 1.08 bits per heavy atom. The van der Waals surface area contributed by atoms with Gasteiger partial charge in [-0.15, -0.1) is 0 Å². The number of carbonyl (C=O) groups excluding carboxylic acids is 1. The summed E-state index contributed by atoms with van der Waals surface area (Å²) in [6.45, 7) is 0. The monoisotopic (exact) mass is 395 g/mol. The quantitative estimate of drug-likeness (QED) is 0.594. The van der Waals surface area contributed by atoms with Crippen LogP contribution in [0.5, 0.6) is 0 Å². The van der Waals surface area contributed by atoms with E-state index < -0.39 is 0 Å². The normalized spacial score (nSPS) is 15.2. The van der Waals surface area contributed by atoms with Crippen LogP contribution >= 0.6 is 15.9 Å². The summed E-state index contributed by atoms with van der Waals surface area (Å²) in [5.74, 6) is 0.337. The van der Waals surface area contributed by atoms with E-state index in [1.165, 1.54) is 4.57 Å². The minimum atomic E-state index is -0.134. The summed E-state index contributed by atoms with van der Waals surface area (Å²) in [7, 11) is 3.40. The Balaban J connectivity index is 1.97. The fraction of sp³-hybridized carbons (Fsp3) is 0.105. The lowest BCUT2D eigenvalue weighted by Gasteiger charge is -2.08. The molecule has 0 saturated heterocycles. The molecule has 3 aromatic rings. The van der Waals surface area contributed by atoms with Gasteiger partial charge in [-0.2, -0.15) is 0 Å². The number of para-hydroxylation sites is 1. The van der Waals surface area contributed by atoms with Gasteiger partial charge in [0.1, 0.15) is 5.82 Å². The number of likely N-dealkylation sites (N-methyl/N-ethyl adjacent to an activating group) is 1. The minimum absolute atomic E-state index is 0.115. The summed E-state index contributed by atoms with van der Waals surface area (Å²) in [4.78, 5) is 31.4. The van der Waals surface area contributed by atoms with E-state index >= 15 is 0 Å². The highest BCUT2D eigenvalue weighted by Gasteiger charge is 2.30. The molecule has 1 aromatic heterocycles. The van der Waals surface area contributed by atoms with Gasteiger partial charge < -0.3 is 4.90 Å². The molecule has 0 N–H and O–H groups in total. The van der Waals surface area contributed by atoms with E-state index in [1.807, 2.05) is 30.3 Å². The Labute approximate surface area is 152 Å². The van der Waals surface area contributed by atoms with E-state index in [9.17, 15) is 9.59 Å². The molecule has 1 aliphatic rings. The summed E-state index contributed by atoms with van der Waals surface area (Å²) in [5, 5.41) is 0.560. The van der Waals surface area contributed by atoms with Gasteiger partial charge in [-0.3, -0.25) is 14.2 Å². The van der Waals surface area contributed by atoms with Crippen molar-refractivity contribution in [3.8, 4) is 0 Å². The molecule has 0 unspecified atom stereocenters. The number of hydrogen-bond acceptors (Lipinski definition) is 3. The van der Waals surface area contributed by atoms with Crippen molar-refractivity contribution in [2.24, 2.45) is 7.05 Å². The van der Waals surface area contributed by atoms with Crippen LogP contribution in [0.2, 0.25) is 0 Å². The molecule has 2 aromatic carbocycles. The molecule has 0 radical (unpaired) electrons. The maximum absolute atomic E-state index is 12.7. The van der Waals surface area contributed by atoms with Gasteiger partial charge in [0, 0.05) is 24.1 Å². The van der Waals surface area contributed by atoms with Crippen molar-refractivity contribution in [3.63, 3.8) is 0 Å². The van der Waals surface area contributed by atoms with E-state index in [4.69, 9.17) is 0 Å². The van der Waals surface area contributed by atoms with Gasteiger partial charge in [0.2, 0.25) is 0 Å². The highest BCUT2D eigenvalue weighted by atomic mass is 79.9. The van der Waals surface area contributed by atoms with Crippen LogP contribution in [0.1, 0.15) is 11.4 Å². The van der Waals surface area contributed by atoms with Crippen LogP contribution in [0.3, 0.4) is 0 Å². The van der Waals surface area contributed by atoms with Crippen molar-refractivity contribution < 1.29 is 4.79 Å². The van der Waals surface area contributed by atoms with Gasteiger partial charge in [-0.1, -0.05) is 28.1 Å². The molecule has 1 amide bonds. The largest absolute Gasteiger partial charge is 0.311 e. The number of halogens is 1. The third-order valence-electron chi connectivity index (χ3n) is 4.44. The summed E-state index contributed by atoms with van der Waals surface area (Å²) in [5.41, 5.74) is 2.67. The standard InChI is InChI=1S/C19H14BrN3O2/c1-22-16-8-7-11(20)9-13(16)14(19(22)25)10-17-21-15-6-4-3-5-12(15)18(24)23(17)2/h3-10H,1-2H3/b14-10-. The second-order valence-corrected chi connectivity index (χ2v) is 6.85. The van der Waals surface area contributed by atoms with Crippen molar-refractivity contribution in [3.05, 3.63) is 68.7 Å². The molecule has 0 bridgehead atoms. The Kier molecular flexibility index (Phi) is 3.58.